The van der Waals surface area contributed by atoms with Crippen molar-refractivity contribution < 1.29 is 17.6 Å². The summed E-state index contributed by atoms with van der Waals surface area (Å²) in [6, 6.07) is 15.2. The van der Waals surface area contributed by atoms with Crippen LogP contribution in [0.3, 0.4) is 0 Å². The summed E-state index contributed by atoms with van der Waals surface area (Å²) >= 11 is 5.83. The van der Waals surface area contributed by atoms with Gasteiger partial charge in [0.25, 0.3) is 15.9 Å². The van der Waals surface area contributed by atoms with Gasteiger partial charge in [-0.1, -0.05) is 29.8 Å². The molecular formula is C18H14ClNO5S. The van der Waals surface area contributed by atoms with Gasteiger partial charge in [-0.15, -0.1) is 0 Å². The van der Waals surface area contributed by atoms with E-state index in [0.29, 0.717) is 10.8 Å². The van der Waals surface area contributed by atoms with E-state index >= 15 is 0 Å². The van der Waals surface area contributed by atoms with Crippen LogP contribution in [0.4, 0.5) is 5.88 Å². The van der Waals surface area contributed by atoms with Crippen LogP contribution in [0.5, 0.6) is 11.5 Å². The first-order chi connectivity index (χ1) is 12.3. The fourth-order valence-electron chi connectivity index (χ4n) is 2.16. The minimum absolute atomic E-state index is 0.0293. The zero-order valence-corrected chi connectivity index (χ0v) is 15.2. The van der Waals surface area contributed by atoms with Crippen molar-refractivity contribution in [3.8, 4) is 11.5 Å². The molecule has 3 rings (SSSR count). The van der Waals surface area contributed by atoms with Crippen molar-refractivity contribution >= 4 is 27.5 Å². The Hall–Kier alpha value is -2.77. The molecule has 0 bridgehead atoms. The number of hydrogen-bond acceptors (Lipinski definition) is 5. The normalized spacial score (nSPS) is 11.2. The maximum atomic E-state index is 12.5. The maximum Gasteiger partial charge on any atom is 0.264 e. The quantitative estimate of drug-likeness (QED) is 0.704. The van der Waals surface area contributed by atoms with Gasteiger partial charge in [0.2, 0.25) is 11.2 Å². The summed E-state index contributed by atoms with van der Waals surface area (Å²) in [6.07, 6.45) is 0. The first kappa shape index (κ1) is 18.0. The zero-order chi connectivity index (χ0) is 18.7. The molecule has 0 aliphatic heterocycles. The van der Waals surface area contributed by atoms with E-state index in [1.807, 2.05) is 0 Å². The molecule has 2 aromatic carbocycles. The van der Waals surface area contributed by atoms with Crippen molar-refractivity contribution in [3.63, 3.8) is 0 Å². The van der Waals surface area contributed by atoms with Crippen LogP contribution in [-0.2, 0) is 10.0 Å². The van der Waals surface area contributed by atoms with Crippen LogP contribution in [0.1, 0.15) is 5.76 Å². The van der Waals surface area contributed by atoms with Gasteiger partial charge >= 0.3 is 0 Å². The van der Waals surface area contributed by atoms with E-state index in [0.717, 1.165) is 0 Å². The second kappa shape index (κ2) is 7.23. The second-order valence-corrected chi connectivity index (χ2v) is 7.47. The van der Waals surface area contributed by atoms with Gasteiger partial charge in [-0.2, -0.15) is 0 Å². The summed E-state index contributed by atoms with van der Waals surface area (Å²) in [5.74, 6) is -0.0128. The van der Waals surface area contributed by atoms with Gasteiger partial charge in [-0.05, 0) is 43.3 Å². The number of halogens is 1. The standard InChI is InChI=1S/C18H14ClNO5S/c1-12-11-16(21)17(25-14-9-7-13(19)8-10-14)18(24-12)20-26(22,23)15-5-3-2-4-6-15/h2-11,20H,1H3. The van der Waals surface area contributed by atoms with Gasteiger partial charge in [-0.3, -0.25) is 4.79 Å². The van der Waals surface area contributed by atoms with Crippen molar-refractivity contribution in [3.05, 3.63) is 81.7 Å². The Balaban J connectivity index is 2.01. The SMILES string of the molecule is Cc1cc(=O)c(Oc2ccc(Cl)cc2)c(NS(=O)(=O)c2ccccc2)o1. The first-order valence-corrected chi connectivity index (χ1v) is 9.37. The number of rotatable bonds is 5. The fraction of sp³-hybridized carbons (Fsp3) is 0.0556. The number of anilines is 1. The number of sulfonamides is 1. The van der Waals surface area contributed by atoms with Crippen molar-refractivity contribution in [2.45, 2.75) is 11.8 Å². The molecule has 8 heteroatoms. The van der Waals surface area contributed by atoms with Gasteiger partial charge in [0, 0.05) is 11.1 Å². The van der Waals surface area contributed by atoms with Crippen molar-refractivity contribution in [2.24, 2.45) is 0 Å². The molecule has 0 unspecified atom stereocenters. The molecule has 0 saturated carbocycles. The van der Waals surface area contributed by atoms with Gasteiger partial charge < -0.3 is 9.15 Å². The van der Waals surface area contributed by atoms with Crippen LogP contribution in [0.25, 0.3) is 0 Å². The topological polar surface area (TPSA) is 85.6 Å². The molecule has 0 saturated heterocycles. The van der Waals surface area contributed by atoms with E-state index in [9.17, 15) is 13.2 Å². The summed E-state index contributed by atoms with van der Waals surface area (Å²) < 4.78 is 38.3. The van der Waals surface area contributed by atoms with Crippen molar-refractivity contribution in [1.82, 2.24) is 0 Å². The predicted molar refractivity (Wildman–Crippen MR) is 98.5 cm³/mol. The third-order valence-corrected chi connectivity index (χ3v) is 4.94. The van der Waals surface area contributed by atoms with Crippen LogP contribution in [0.15, 0.2) is 74.8 Å². The Bertz CT molecular complexity index is 1080. The van der Waals surface area contributed by atoms with E-state index in [-0.39, 0.29) is 22.3 Å². The van der Waals surface area contributed by atoms with Crippen LogP contribution in [-0.4, -0.2) is 8.42 Å². The average molecular weight is 392 g/mol. The third-order valence-electron chi connectivity index (χ3n) is 3.34. The number of benzene rings is 2. The minimum Gasteiger partial charge on any atom is -0.448 e. The molecule has 0 spiro atoms. The number of aryl methyl sites for hydroxylation is 1. The van der Waals surface area contributed by atoms with Gasteiger partial charge in [0.05, 0.1) is 4.90 Å². The summed E-state index contributed by atoms with van der Waals surface area (Å²) in [5, 5.41) is 0.498. The lowest BCUT2D eigenvalue weighted by Crippen LogP contribution is -2.16. The number of nitrogens with one attached hydrogen (secondary N) is 1. The zero-order valence-electron chi connectivity index (χ0n) is 13.6. The summed E-state index contributed by atoms with van der Waals surface area (Å²) in [7, 11) is -3.95. The highest BCUT2D eigenvalue weighted by Gasteiger charge is 2.21. The number of hydrogen-bond donors (Lipinski definition) is 1. The highest BCUT2D eigenvalue weighted by atomic mass is 35.5. The molecule has 1 N–H and O–H groups in total. The largest absolute Gasteiger partial charge is 0.448 e. The molecule has 0 atom stereocenters. The fourth-order valence-corrected chi connectivity index (χ4v) is 3.30. The molecule has 0 fully saturated rings. The lowest BCUT2D eigenvalue weighted by atomic mass is 10.3. The summed E-state index contributed by atoms with van der Waals surface area (Å²) in [6.45, 7) is 1.54. The molecule has 0 aliphatic rings. The lowest BCUT2D eigenvalue weighted by Gasteiger charge is -2.12. The predicted octanol–water partition coefficient (Wildman–Crippen LogP) is 4.19. The molecule has 3 aromatic rings. The van der Waals surface area contributed by atoms with E-state index < -0.39 is 15.5 Å². The van der Waals surface area contributed by atoms with E-state index in [4.69, 9.17) is 20.8 Å². The van der Waals surface area contributed by atoms with Crippen LogP contribution in [0.2, 0.25) is 5.02 Å². The highest BCUT2D eigenvalue weighted by molar-refractivity contribution is 7.92. The maximum absolute atomic E-state index is 12.5. The Kier molecular flexibility index (Phi) is 5.01. The van der Waals surface area contributed by atoms with Gasteiger partial charge in [0.15, 0.2) is 0 Å². The summed E-state index contributed by atoms with van der Waals surface area (Å²) in [4.78, 5) is 12.3. The minimum atomic E-state index is -3.95. The van der Waals surface area contributed by atoms with Crippen LogP contribution in [0, 0.1) is 6.92 Å². The third kappa shape index (κ3) is 4.07. The highest BCUT2D eigenvalue weighted by Crippen LogP contribution is 2.29. The molecule has 0 aliphatic carbocycles. The molecular weight excluding hydrogens is 378 g/mol. The lowest BCUT2D eigenvalue weighted by molar-refractivity contribution is 0.441. The van der Waals surface area contributed by atoms with Crippen molar-refractivity contribution in [1.29, 1.82) is 0 Å². The van der Waals surface area contributed by atoms with E-state index in [1.165, 1.54) is 25.1 Å². The van der Waals surface area contributed by atoms with Gasteiger partial charge in [0.1, 0.15) is 11.5 Å². The Morgan fingerprint density at radius 2 is 1.69 bits per heavy atom. The van der Waals surface area contributed by atoms with E-state index in [1.54, 1.807) is 42.5 Å². The molecule has 1 aromatic heterocycles. The Morgan fingerprint density at radius 3 is 2.35 bits per heavy atom. The summed E-state index contributed by atoms with van der Waals surface area (Å²) in [5.41, 5.74) is -0.519. The van der Waals surface area contributed by atoms with Gasteiger partial charge in [-0.25, -0.2) is 13.1 Å². The van der Waals surface area contributed by atoms with Crippen LogP contribution >= 0.6 is 11.6 Å². The monoisotopic (exact) mass is 391 g/mol. The molecule has 134 valence electrons. The number of ether oxygens (including phenoxy) is 1. The Labute approximate surface area is 155 Å². The molecule has 26 heavy (non-hydrogen) atoms. The molecule has 0 amide bonds. The molecule has 6 nitrogen and oxygen atoms in total. The average Bonchev–Trinajstić information content (AvgIpc) is 2.60. The second-order valence-electron chi connectivity index (χ2n) is 5.35. The molecule has 1 heterocycles. The smallest absolute Gasteiger partial charge is 0.264 e. The van der Waals surface area contributed by atoms with Crippen molar-refractivity contribution in [2.75, 3.05) is 4.72 Å². The van der Waals surface area contributed by atoms with Crippen LogP contribution < -0.4 is 14.9 Å². The first-order valence-electron chi connectivity index (χ1n) is 7.51. The Morgan fingerprint density at radius 1 is 1.04 bits per heavy atom. The molecule has 0 radical (unpaired) electrons. The van der Waals surface area contributed by atoms with E-state index in [2.05, 4.69) is 4.72 Å².